The Bertz CT molecular complexity index is 697. The van der Waals surface area contributed by atoms with Gasteiger partial charge in [0.05, 0.1) is 24.4 Å². The van der Waals surface area contributed by atoms with E-state index in [2.05, 4.69) is 0 Å². The van der Waals surface area contributed by atoms with Crippen molar-refractivity contribution in [2.24, 2.45) is 11.8 Å². The minimum atomic E-state index is -0.600. The normalized spacial score (nSPS) is 25.0. The second kappa shape index (κ2) is 13.5. The van der Waals surface area contributed by atoms with Crippen molar-refractivity contribution < 1.29 is 24.9 Å². The highest BCUT2D eigenvalue weighted by molar-refractivity contribution is 5.69. The van der Waals surface area contributed by atoms with E-state index in [4.69, 9.17) is 4.74 Å². The Morgan fingerprint density at radius 2 is 1.90 bits per heavy atom. The van der Waals surface area contributed by atoms with Gasteiger partial charge in [-0.3, -0.25) is 4.79 Å². The number of benzene rings is 1. The van der Waals surface area contributed by atoms with Crippen molar-refractivity contribution in [3.63, 3.8) is 0 Å². The third-order valence-electron chi connectivity index (χ3n) is 5.74. The number of hydrogen-bond donors (Lipinski definition) is 3. The smallest absolute Gasteiger partial charge is 0.306 e. The summed E-state index contributed by atoms with van der Waals surface area (Å²) in [4.78, 5) is 11.5. The molecule has 0 spiro atoms. The molecular formula is C26H38O5. The summed E-state index contributed by atoms with van der Waals surface area (Å²) in [5.41, 5.74) is 1.19. The zero-order chi connectivity index (χ0) is 22.6. The monoisotopic (exact) mass is 430 g/mol. The number of carbonyl (C=O) groups is 1. The molecule has 0 radical (unpaired) electrons. The first-order chi connectivity index (χ1) is 14.9. The number of rotatable bonds is 12. The Labute approximate surface area is 186 Å². The average molecular weight is 431 g/mol. The van der Waals surface area contributed by atoms with Gasteiger partial charge in [0.1, 0.15) is 0 Å². The number of allylic oxidation sites excluding steroid dienone is 2. The number of carbonyl (C=O) groups excluding carboxylic acids is 1. The molecule has 2 rings (SSSR count). The summed E-state index contributed by atoms with van der Waals surface area (Å²) in [7, 11) is 0. The molecule has 31 heavy (non-hydrogen) atoms. The van der Waals surface area contributed by atoms with Crippen molar-refractivity contribution in [1.29, 1.82) is 0 Å². The SMILES string of the molecule is CC(C)OC(=O)CCC/C=C\CC1C(/C=C/[C@H](O)CCc2ccccc2)[C@H](O)C[C@@H]1O. The first-order valence-electron chi connectivity index (χ1n) is 11.5. The van der Waals surface area contributed by atoms with E-state index in [1.54, 1.807) is 6.08 Å². The predicted molar refractivity (Wildman–Crippen MR) is 122 cm³/mol. The molecule has 0 aromatic heterocycles. The molecule has 5 nitrogen and oxygen atoms in total. The first kappa shape index (κ1) is 25.3. The van der Waals surface area contributed by atoms with Crippen LogP contribution >= 0.6 is 0 Å². The van der Waals surface area contributed by atoms with E-state index in [-0.39, 0.29) is 23.9 Å². The van der Waals surface area contributed by atoms with E-state index in [0.29, 0.717) is 25.7 Å². The van der Waals surface area contributed by atoms with Gasteiger partial charge in [0.25, 0.3) is 0 Å². The van der Waals surface area contributed by atoms with E-state index >= 15 is 0 Å². The highest BCUT2D eigenvalue weighted by Gasteiger charge is 2.39. The molecule has 1 saturated carbocycles. The quantitative estimate of drug-likeness (QED) is 0.265. The summed E-state index contributed by atoms with van der Waals surface area (Å²) >= 11 is 0. The summed E-state index contributed by atoms with van der Waals surface area (Å²) in [6, 6.07) is 10.0. The summed E-state index contributed by atoms with van der Waals surface area (Å²) in [5, 5.41) is 31.0. The van der Waals surface area contributed by atoms with Crippen molar-refractivity contribution in [2.75, 3.05) is 0 Å². The van der Waals surface area contributed by atoms with E-state index in [1.807, 2.05) is 62.4 Å². The van der Waals surface area contributed by atoms with Crippen LogP contribution in [0.4, 0.5) is 0 Å². The van der Waals surface area contributed by atoms with Crippen LogP contribution in [0.1, 0.15) is 57.9 Å². The lowest BCUT2D eigenvalue weighted by molar-refractivity contribution is -0.147. The topological polar surface area (TPSA) is 87.0 Å². The van der Waals surface area contributed by atoms with Crippen molar-refractivity contribution in [1.82, 2.24) is 0 Å². The molecule has 0 aliphatic heterocycles. The zero-order valence-electron chi connectivity index (χ0n) is 18.8. The van der Waals surface area contributed by atoms with Gasteiger partial charge in [0.15, 0.2) is 0 Å². The molecule has 1 aromatic carbocycles. The molecular weight excluding hydrogens is 392 g/mol. The lowest BCUT2D eigenvalue weighted by Crippen LogP contribution is -2.20. The van der Waals surface area contributed by atoms with Gasteiger partial charge < -0.3 is 20.1 Å². The Kier molecular flexibility index (Phi) is 11.0. The van der Waals surface area contributed by atoms with Crippen LogP contribution in [0.2, 0.25) is 0 Å². The fourth-order valence-corrected chi connectivity index (χ4v) is 4.08. The first-order valence-corrected chi connectivity index (χ1v) is 11.5. The molecule has 5 atom stereocenters. The standard InChI is InChI=1S/C26H38O5/c1-19(2)31-26(30)13-9-4-3-8-12-22-23(25(29)18-24(22)28)17-16-21(27)15-14-20-10-6-5-7-11-20/h3,5-8,10-11,16-17,19,21-25,27-29H,4,9,12-15,18H2,1-2H3/b8-3-,17-16+/t21-,22?,23?,24+,25-/m1/s1. The van der Waals surface area contributed by atoms with Crippen LogP contribution in [-0.2, 0) is 16.0 Å². The number of aliphatic hydroxyl groups excluding tert-OH is 3. The van der Waals surface area contributed by atoms with Crippen LogP contribution in [0.15, 0.2) is 54.6 Å². The van der Waals surface area contributed by atoms with Crippen molar-refractivity contribution in [3.05, 3.63) is 60.2 Å². The fourth-order valence-electron chi connectivity index (χ4n) is 4.08. The molecule has 5 heteroatoms. The number of aryl methyl sites for hydroxylation is 1. The van der Waals surface area contributed by atoms with Crippen LogP contribution in [0.3, 0.4) is 0 Å². The van der Waals surface area contributed by atoms with E-state index in [0.717, 1.165) is 19.3 Å². The summed E-state index contributed by atoms with van der Waals surface area (Å²) < 4.78 is 5.11. The maximum atomic E-state index is 11.5. The highest BCUT2D eigenvalue weighted by atomic mass is 16.5. The van der Waals surface area contributed by atoms with E-state index in [9.17, 15) is 20.1 Å². The molecule has 1 aliphatic rings. The molecule has 172 valence electrons. The number of aliphatic hydroxyl groups is 3. The summed E-state index contributed by atoms with van der Waals surface area (Å²) in [6.07, 6.45) is 10.2. The second-order valence-corrected chi connectivity index (χ2v) is 8.73. The van der Waals surface area contributed by atoms with Gasteiger partial charge in [-0.1, -0.05) is 54.6 Å². The second-order valence-electron chi connectivity index (χ2n) is 8.73. The summed E-state index contributed by atoms with van der Waals surface area (Å²) in [5.74, 6) is -0.421. The lowest BCUT2D eigenvalue weighted by Gasteiger charge is -2.19. The Hall–Kier alpha value is -1.95. The molecule has 1 aromatic rings. The average Bonchev–Trinajstić information content (AvgIpc) is 3.00. The predicted octanol–water partition coefficient (Wildman–Crippen LogP) is 3.96. The van der Waals surface area contributed by atoms with Crippen LogP contribution < -0.4 is 0 Å². The Balaban J connectivity index is 1.77. The number of hydrogen-bond acceptors (Lipinski definition) is 5. The molecule has 3 N–H and O–H groups in total. The molecule has 0 saturated heterocycles. The molecule has 1 fully saturated rings. The zero-order valence-corrected chi connectivity index (χ0v) is 18.8. The largest absolute Gasteiger partial charge is 0.463 e. The van der Waals surface area contributed by atoms with Crippen molar-refractivity contribution in [3.8, 4) is 0 Å². The van der Waals surface area contributed by atoms with Crippen LogP contribution in [0.25, 0.3) is 0 Å². The minimum absolute atomic E-state index is 0.0743. The van der Waals surface area contributed by atoms with Crippen molar-refractivity contribution in [2.45, 2.75) is 83.2 Å². The van der Waals surface area contributed by atoms with Gasteiger partial charge in [0.2, 0.25) is 0 Å². The maximum Gasteiger partial charge on any atom is 0.306 e. The molecule has 2 unspecified atom stereocenters. The van der Waals surface area contributed by atoms with Gasteiger partial charge in [0, 0.05) is 18.8 Å². The van der Waals surface area contributed by atoms with E-state index in [1.165, 1.54) is 5.56 Å². The van der Waals surface area contributed by atoms with Crippen LogP contribution in [0.5, 0.6) is 0 Å². The number of unbranched alkanes of at least 4 members (excludes halogenated alkanes) is 1. The van der Waals surface area contributed by atoms with Gasteiger partial charge >= 0.3 is 5.97 Å². The third-order valence-corrected chi connectivity index (χ3v) is 5.74. The van der Waals surface area contributed by atoms with Gasteiger partial charge in [-0.25, -0.2) is 0 Å². The van der Waals surface area contributed by atoms with E-state index < -0.39 is 18.3 Å². The molecule has 1 aliphatic carbocycles. The molecule has 0 amide bonds. The van der Waals surface area contributed by atoms with Gasteiger partial charge in [-0.05, 0) is 57.4 Å². The molecule has 0 heterocycles. The maximum absolute atomic E-state index is 11.5. The minimum Gasteiger partial charge on any atom is -0.463 e. The highest BCUT2D eigenvalue weighted by Crippen LogP contribution is 2.36. The Morgan fingerprint density at radius 1 is 1.16 bits per heavy atom. The van der Waals surface area contributed by atoms with Gasteiger partial charge in [-0.15, -0.1) is 0 Å². The van der Waals surface area contributed by atoms with Gasteiger partial charge in [-0.2, -0.15) is 0 Å². The Morgan fingerprint density at radius 3 is 2.61 bits per heavy atom. The summed E-state index contributed by atoms with van der Waals surface area (Å²) in [6.45, 7) is 3.68. The lowest BCUT2D eigenvalue weighted by atomic mass is 9.89. The van der Waals surface area contributed by atoms with Crippen molar-refractivity contribution >= 4 is 5.97 Å². The molecule has 0 bridgehead atoms. The van der Waals surface area contributed by atoms with Crippen LogP contribution in [-0.4, -0.2) is 45.7 Å². The number of esters is 1. The van der Waals surface area contributed by atoms with Crippen LogP contribution in [0, 0.1) is 11.8 Å². The third kappa shape index (κ3) is 9.38. The fraction of sp³-hybridized carbons (Fsp3) is 0.577. The number of ether oxygens (including phenoxy) is 1.